The molecule has 1 aromatic rings. The zero-order chi connectivity index (χ0) is 19.2. The van der Waals surface area contributed by atoms with Gasteiger partial charge in [0.15, 0.2) is 5.96 Å². The second-order valence-corrected chi connectivity index (χ2v) is 7.40. The Morgan fingerprint density at radius 3 is 2.30 bits per heavy atom. The van der Waals surface area contributed by atoms with E-state index in [1.807, 2.05) is 6.92 Å². The molecule has 2 saturated carbocycles. The number of hydrogen-bond donors (Lipinski definition) is 3. The number of hydrogen-bond acceptors (Lipinski definition) is 3. The Hall–Kier alpha value is -1.89. The van der Waals surface area contributed by atoms with Gasteiger partial charge in [0.25, 0.3) is 0 Å². The van der Waals surface area contributed by atoms with Crippen LogP contribution in [0.15, 0.2) is 29.3 Å². The summed E-state index contributed by atoms with van der Waals surface area (Å²) in [5.41, 5.74) is 0.633. The van der Waals surface area contributed by atoms with Gasteiger partial charge in [-0.15, -0.1) is 0 Å². The van der Waals surface area contributed by atoms with E-state index in [-0.39, 0.29) is 5.75 Å². The molecule has 27 heavy (non-hydrogen) atoms. The molecule has 0 spiro atoms. The summed E-state index contributed by atoms with van der Waals surface area (Å²) in [6.07, 6.45) is 4.59. The van der Waals surface area contributed by atoms with Crippen molar-refractivity contribution in [2.75, 3.05) is 19.6 Å². The van der Waals surface area contributed by atoms with Crippen LogP contribution in [0.4, 0.5) is 8.78 Å². The first kappa shape index (κ1) is 19.9. The number of halogens is 2. The molecule has 2 fully saturated rings. The van der Waals surface area contributed by atoms with Crippen LogP contribution in [0.25, 0.3) is 0 Å². The Labute approximate surface area is 159 Å². The highest BCUT2D eigenvalue weighted by molar-refractivity contribution is 5.79. The van der Waals surface area contributed by atoms with E-state index in [9.17, 15) is 13.9 Å². The predicted molar refractivity (Wildman–Crippen MR) is 101 cm³/mol. The normalized spacial score (nSPS) is 18.7. The fourth-order valence-corrected chi connectivity index (χ4v) is 3.45. The Morgan fingerprint density at radius 1 is 1.15 bits per heavy atom. The van der Waals surface area contributed by atoms with E-state index in [1.165, 1.54) is 37.8 Å². The first-order chi connectivity index (χ1) is 13.1. The lowest BCUT2D eigenvalue weighted by atomic mass is 9.98. The number of nitrogens with zero attached hydrogens (tertiary/aromatic N) is 1. The maximum atomic E-state index is 12.2. The predicted octanol–water partition coefficient (Wildman–Crippen LogP) is 3.31. The smallest absolute Gasteiger partial charge is 0.387 e. The van der Waals surface area contributed by atoms with Crippen molar-refractivity contribution >= 4 is 5.96 Å². The number of rotatable bonds is 10. The third-order valence-electron chi connectivity index (χ3n) is 5.21. The lowest BCUT2D eigenvalue weighted by molar-refractivity contribution is -0.0498. The van der Waals surface area contributed by atoms with Crippen molar-refractivity contribution in [2.45, 2.75) is 45.3 Å². The molecule has 1 atom stereocenters. The van der Waals surface area contributed by atoms with Crippen LogP contribution < -0.4 is 15.4 Å². The van der Waals surface area contributed by atoms with E-state index >= 15 is 0 Å². The summed E-state index contributed by atoms with van der Waals surface area (Å²) >= 11 is 0. The Kier molecular flexibility index (Phi) is 6.88. The average Bonchev–Trinajstić information content (AvgIpc) is 3.54. The van der Waals surface area contributed by atoms with E-state index in [0.29, 0.717) is 24.0 Å². The van der Waals surface area contributed by atoms with Crippen molar-refractivity contribution < 1.29 is 18.6 Å². The molecule has 0 radical (unpaired) electrons. The van der Waals surface area contributed by atoms with Gasteiger partial charge in [0.2, 0.25) is 0 Å². The van der Waals surface area contributed by atoms with Crippen LogP contribution in [-0.2, 0) is 0 Å². The quantitative estimate of drug-likeness (QED) is 0.430. The highest BCUT2D eigenvalue weighted by Gasteiger charge is 2.41. The molecule has 0 saturated heterocycles. The zero-order valence-electron chi connectivity index (χ0n) is 15.7. The monoisotopic (exact) mass is 381 g/mol. The highest BCUT2D eigenvalue weighted by atomic mass is 19.3. The summed E-state index contributed by atoms with van der Waals surface area (Å²) in [5, 5.41) is 16.7. The van der Waals surface area contributed by atoms with E-state index in [0.717, 1.165) is 24.9 Å². The molecule has 0 heterocycles. The van der Waals surface area contributed by atoms with Crippen molar-refractivity contribution in [3.05, 3.63) is 29.8 Å². The number of nitrogens with one attached hydrogen (secondary N) is 2. The van der Waals surface area contributed by atoms with Gasteiger partial charge < -0.3 is 20.5 Å². The molecule has 0 aromatic heterocycles. The average molecular weight is 381 g/mol. The number of alkyl halides is 2. The van der Waals surface area contributed by atoms with E-state index in [4.69, 9.17) is 4.99 Å². The van der Waals surface area contributed by atoms with E-state index in [2.05, 4.69) is 15.4 Å². The molecule has 150 valence electrons. The van der Waals surface area contributed by atoms with Gasteiger partial charge in [0, 0.05) is 19.6 Å². The second-order valence-electron chi connectivity index (χ2n) is 7.40. The zero-order valence-corrected chi connectivity index (χ0v) is 15.7. The van der Waals surface area contributed by atoms with Crippen molar-refractivity contribution in [1.82, 2.24) is 10.6 Å². The van der Waals surface area contributed by atoms with Crippen molar-refractivity contribution in [3.63, 3.8) is 0 Å². The number of benzene rings is 1. The Morgan fingerprint density at radius 2 is 1.78 bits per heavy atom. The number of guanidine groups is 1. The summed E-state index contributed by atoms with van der Waals surface area (Å²) in [5.74, 6) is 3.19. The van der Waals surface area contributed by atoms with E-state index < -0.39 is 12.7 Å². The fourth-order valence-electron chi connectivity index (χ4n) is 3.45. The van der Waals surface area contributed by atoms with Gasteiger partial charge >= 0.3 is 6.61 Å². The SMILES string of the molecule is CCNC(=NCC(C1CC1)C1CC1)NCC(O)c1ccc(OC(F)F)cc1. The molecule has 1 aromatic carbocycles. The largest absolute Gasteiger partial charge is 0.435 e. The topological polar surface area (TPSA) is 65.9 Å². The molecule has 5 nitrogen and oxygen atoms in total. The first-order valence-corrected chi connectivity index (χ1v) is 9.81. The molecule has 3 N–H and O–H groups in total. The van der Waals surface area contributed by atoms with Gasteiger partial charge in [-0.05, 0) is 68.1 Å². The van der Waals surface area contributed by atoms with E-state index in [1.54, 1.807) is 12.1 Å². The second kappa shape index (κ2) is 9.35. The van der Waals surface area contributed by atoms with Crippen LogP contribution in [0.1, 0.15) is 44.3 Å². The number of ether oxygens (including phenoxy) is 1. The Bertz CT molecular complexity index is 604. The minimum atomic E-state index is -2.85. The summed E-state index contributed by atoms with van der Waals surface area (Å²) in [7, 11) is 0. The summed E-state index contributed by atoms with van der Waals surface area (Å²) in [6.45, 7) is 1.03. The van der Waals surface area contributed by atoms with Crippen LogP contribution in [0.2, 0.25) is 0 Å². The van der Waals surface area contributed by atoms with Crippen LogP contribution in [0, 0.1) is 17.8 Å². The molecule has 2 aliphatic rings. The van der Waals surface area contributed by atoms with Gasteiger partial charge in [-0.2, -0.15) is 8.78 Å². The molecule has 0 bridgehead atoms. The summed E-state index contributed by atoms with van der Waals surface area (Å²) in [6, 6.07) is 6.04. The molecular formula is C20H29F2N3O2. The van der Waals surface area contributed by atoms with Gasteiger partial charge in [0.05, 0.1) is 6.10 Å². The molecule has 0 amide bonds. The number of aliphatic hydroxyl groups is 1. The molecule has 3 rings (SSSR count). The third kappa shape index (κ3) is 6.34. The van der Waals surface area contributed by atoms with Crippen LogP contribution in [-0.4, -0.2) is 37.3 Å². The third-order valence-corrected chi connectivity index (χ3v) is 5.21. The van der Waals surface area contributed by atoms with Crippen molar-refractivity contribution in [3.8, 4) is 5.75 Å². The highest BCUT2D eigenvalue weighted by Crippen LogP contribution is 2.49. The lowest BCUT2D eigenvalue weighted by Crippen LogP contribution is -2.39. The summed E-state index contributed by atoms with van der Waals surface area (Å²) in [4.78, 5) is 4.73. The van der Waals surface area contributed by atoms with Crippen LogP contribution >= 0.6 is 0 Å². The minimum absolute atomic E-state index is 0.0787. The molecule has 0 aliphatic heterocycles. The maximum absolute atomic E-state index is 12.2. The minimum Gasteiger partial charge on any atom is -0.435 e. The molecule has 1 unspecified atom stereocenters. The van der Waals surface area contributed by atoms with Crippen molar-refractivity contribution in [1.29, 1.82) is 0 Å². The molecular weight excluding hydrogens is 352 g/mol. The fraction of sp³-hybridized carbons (Fsp3) is 0.650. The van der Waals surface area contributed by atoms with Crippen molar-refractivity contribution in [2.24, 2.45) is 22.7 Å². The molecule has 2 aliphatic carbocycles. The number of aliphatic hydroxyl groups excluding tert-OH is 1. The van der Waals surface area contributed by atoms with Crippen LogP contribution in [0.5, 0.6) is 5.75 Å². The molecule has 7 heteroatoms. The lowest BCUT2D eigenvalue weighted by Gasteiger charge is -2.18. The standard InChI is InChI=1S/C20H29F2N3O2/c1-2-23-20(24-11-17(13-3-4-13)14-5-6-14)25-12-18(26)15-7-9-16(10-8-15)27-19(21)22/h7-10,13-14,17-19,26H,2-6,11-12H2,1H3,(H2,23,24,25). The maximum Gasteiger partial charge on any atom is 0.387 e. The van der Waals surface area contributed by atoms with Gasteiger partial charge in [-0.3, -0.25) is 4.99 Å². The summed E-state index contributed by atoms with van der Waals surface area (Å²) < 4.78 is 28.7. The van der Waals surface area contributed by atoms with Crippen LogP contribution in [0.3, 0.4) is 0 Å². The van der Waals surface area contributed by atoms with Gasteiger partial charge in [-0.25, -0.2) is 0 Å². The van der Waals surface area contributed by atoms with Gasteiger partial charge in [0.1, 0.15) is 5.75 Å². The Balaban J connectivity index is 1.51. The first-order valence-electron chi connectivity index (χ1n) is 9.81. The van der Waals surface area contributed by atoms with Gasteiger partial charge in [-0.1, -0.05) is 12.1 Å². The number of aliphatic imine (C=N–C) groups is 1.